The minimum absolute atomic E-state index is 0.419. The van der Waals surface area contributed by atoms with E-state index in [4.69, 9.17) is 9.97 Å². The predicted octanol–water partition coefficient (Wildman–Crippen LogP) is 3.90. The average Bonchev–Trinajstić information content (AvgIpc) is 3.45. The fourth-order valence-electron chi connectivity index (χ4n) is 3.77. The molecule has 0 saturated heterocycles. The van der Waals surface area contributed by atoms with E-state index in [9.17, 15) is 0 Å². The molecule has 0 radical (unpaired) electrons. The number of nitrogens with one attached hydrogen (secondary N) is 1. The second-order valence-corrected chi connectivity index (χ2v) is 7.54. The lowest BCUT2D eigenvalue weighted by Gasteiger charge is -2.10. The van der Waals surface area contributed by atoms with Gasteiger partial charge in [-0.2, -0.15) is 0 Å². The maximum absolute atomic E-state index is 4.86. The van der Waals surface area contributed by atoms with Crippen molar-refractivity contribution < 1.29 is 0 Å². The van der Waals surface area contributed by atoms with Crippen molar-refractivity contribution in [2.75, 3.05) is 11.9 Å². The number of rotatable bonds is 8. The first-order chi connectivity index (χ1) is 14.9. The summed E-state index contributed by atoms with van der Waals surface area (Å²) in [6.07, 6.45) is 11.0. The van der Waals surface area contributed by atoms with Gasteiger partial charge >= 0.3 is 0 Å². The molecule has 7 heteroatoms. The molecule has 3 heterocycles. The van der Waals surface area contributed by atoms with Gasteiger partial charge in [-0.3, -0.25) is 0 Å². The highest BCUT2D eigenvalue weighted by molar-refractivity contribution is 5.53. The van der Waals surface area contributed by atoms with Crippen molar-refractivity contribution in [1.82, 2.24) is 29.5 Å². The van der Waals surface area contributed by atoms with Gasteiger partial charge in [-0.1, -0.05) is 30.3 Å². The van der Waals surface area contributed by atoms with Gasteiger partial charge in [-0.25, -0.2) is 24.9 Å². The van der Waals surface area contributed by atoms with E-state index in [0.29, 0.717) is 17.7 Å². The van der Waals surface area contributed by atoms with E-state index in [0.717, 1.165) is 43.1 Å². The minimum atomic E-state index is 0.419. The smallest absolute Gasteiger partial charge is 0.180 e. The molecule has 150 valence electrons. The van der Waals surface area contributed by atoms with E-state index in [1.807, 2.05) is 18.6 Å². The lowest BCUT2D eigenvalue weighted by atomic mass is 10.1. The van der Waals surface area contributed by atoms with Crippen LogP contribution in [0.15, 0.2) is 73.7 Å². The Kier molecular flexibility index (Phi) is 5.16. The van der Waals surface area contributed by atoms with Crippen LogP contribution in [0.5, 0.6) is 0 Å². The number of hydrogen-bond donors (Lipinski definition) is 1. The first-order valence-electron chi connectivity index (χ1n) is 10.3. The molecule has 1 fully saturated rings. The second kappa shape index (κ2) is 8.41. The number of nitrogens with zero attached hydrogens (tertiary/aromatic N) is 6. The van der Waals surface area contributed by atoms with Crippen LogP contribution in [0.4, 0.5) is 5.82 Å². The summed E-state index contributed by atoms with van der Waals surface area (Å²) in [5.41, 5.74) is 3.19. The molecular weight excluding hydrogens is 374 g/mol. The van der Waals surface area contributed by atoms with Crippen molar-refractivity contribution in [1.29, 1.82) is 0 Å². The molecule has 0 amide bonds. The van der Waals surface area contributed by atoms with Crippen LogP contribution in [0, 0.1) is 0 Å². The highest BCUT2D eigenvalue weighted by Crippen LogP contribution is 2.54. The molecule has 1 aliphatic rings. The zero-order chi connectivity index (χ0) is 20.2. The van der Waals surface area contributed by atoms with Gasteiger partial charge in [0.15, 0.2) is 5.82 Å². The third kappa shape index (κ3) is 4.20. The average molecular weight is 397 g/mol. The Morgan fingerprint density at radius 3 is 2.73 bits per heavy atom. The molecular formula is C23H23N7. The molecule has 0 bridgehead atoms. The van der Waals surface area contributed by atoms with Crippen LogP contribution in [-0.2, 0) is 6.54 Å². The molecule has 1 saturated carbocycles. The molecule has 0 aliphatic heterocycles. The van der Waals surface area contributed by atoms with Crippen LogP contribution < -0.4 is 5.32 Å². The molecule has 7 nitrogen and oxygen atoms in total. The first-order valence-corrected chi connectivity index (χ1v) is 10.3. The van der Waals surface area contributed by atoms with Crippen LogP contribution in [0.2, 0.25) is 0 Å². The maximum Gasteiger partial charge on any atom is 0.180 e. The van der Waals surface area contributed by atoms with Crippen LogP contribution in [0.1, 0.15) is 35.9 Å². The Balaban J connectivity index is 1.34. The summed E-state index contributed by atoms with van der Waals surface area (Å²) in [6, 6.07) is 14.6. The molecule has 1 aliphatic carbocycles. The van der Waals surface area contributed by atoms with Gasteiger partial charge in [0.1, 0.15) is 17.8 Å². The lowest BCUT2D eigenvalue weighted by Crippen LogP contribution is -2.09. The summed E-state index contributed by atoms with van der Waals surface area (Å²) in [5, 5.41) is 3.47. The van der Waals surface area contributed by atoms with Gasteiger partial charge in [0.05, 0.1) is 12.0 Å². The SMILES string of the molecule is c1ccc(C2CC2c2cc(NCCCn3ccnc3)nc(-c3ccncn3)n2)cc1. The highest BCUT2D eigenvalue weighted by atomic mass is 15.1. The monoisotopic (exact) mass is 397 g/mol. The zero-order valence-electron chi connectivity index (χ0n) is 16.6. The summed E-state index contributed by atoms with van der Waals surface area (Å²) in [4.78, 5) is 22.0. The van der Waals surface area contributed by atoms with Gasteiger partial charge in [-0.15, -0.1) is 0 Å². The zero-order valence-corrected chi connectivity index (χ0v) is 16.6. The van der Waals surface area contributed by atoms with Gasteiger partial charge in [0, 0.05) is 43.7 Å². The van der Waals surface area contributed by atoms with Crippen molar-refractivity contribution in [2.45, 2.75) is 31.2 Å². The largest absolute Gasteiger partial charge is 0.370 e. The maximum atomic E-state index is 4.86. The van der Waals surface area contributed by atoms with E-state index in [1.54, 1.807) is 12.4 Å². The number of aromatic nitrogens is 6. The van der Waals surface area contributed by atoms with E-state index >= 15 is 0 Å². The van der Waals surface area contributed by atoms with Gasteiger partial charge in [0.25, 0.3) is 0 Å². The Morgan fingerprint density at radius 2 is 1.93 bits per heavy atom. The quantitative estimate of drug-likeness (QED) is 0.454. The molecule has 2 unspecified atom stereocenters. The van der Waals surface area contributed by atoms with Crippen molar-refractivity contribution in [2.24, 2.45) is 0 Å². The first kappa shape index (κ1) is 18.4. The summed E-state index contributed by atoms with van der Waals surface area (Å²) in [6.45, 7) is 1.74. The summed E-state index contributed by atoms with van der Waals surface area (Å²) in [7, 11) is 0. The van der Waals surface area contributed by atoms with Crippen LogP contribution >= 0.6 is 0 Å². The number of benzene rings is 1. The minimum Gasteiger partial charge on any atom is -0.370 e. The van der Waals surface area contributed by atoms with Crippen LogP contribution in [0.25, 0.3) is 11.5 Å². The Morgan fingerprint density at radius 1 is 1.00 bits per heavy atom. The number of anilines is 1. The topological polar surface area (TPSA) is 81.4 Å². The third-order valence-electron chi connectivity index (χ3n) is 5.41. The van der Waals surface area contributed by atoms with E-state index < -0.39 is 0 Å². The van der Waals surface area contributed by atoms with Gasteiger partial charge in [-0.05, 0) is 30.4 Å². The Bertz CT molecular complexity index is 1080. The summed E-state index contributed by atoms with van der Waals surface area (Å²) in [5.74, 6) is 2.43. The standard InChI is InChI=1S/C23H23N7/c1-2-5-17(6-3-1)18-13-19(18)21-14-22(26-8-4-11-30-12-10-25-16-30)29-23(28-21)20-7-9-24-15-27-20/h1-3,5-7,9-10,12,14-16,18-19H,4,8,11,13H2,(H,26,28,29). The molecule has 1 aromatic carbocycles. The van der Waals surface area contributed by atoms with Crippen molar-refractivity contribution in [3.05, 3.63) is 85.0 Å². The molecule has 3 aromatic heterocycles. The highest BCUT2D eigenvalue weighted by Gasteiger charge is 2.41. The Hall–Kier alpha value is -3.61. The second-order valence-electron chi connectivity index (χ2n) is 7.54. The van der Waals surface area contributed by atoms with E-state index in [-0.39, 0.29) is 0 Å². The fourth-order valence-corrected chi connectivity index (χ4v) is 3.77. The van der Waals surface area contributed by atoms with E-state index in [1.165, 1.54) is 11.9 Å². The predicted molar refractivity (Wildman–Crippen MR) is 115 cm³/mol. The molecule has 2 atom stereocenters. The Labute approximate surface area is 175 Å². The number of aryl methyl sites for hydroxylation is 1. The lowest BCUT2D eigenvalue weighted by molar-refractivity contribution is 0.660. The normalized spacial score (nSPS) is 17.6. The summed E-state index contributed by atoms with van der Waals surface area (Å²) >= 11 is 0. The molecule has 5 rings (SSSR count). The molecule has 1 N–H and O–H groups in total. The van der Waals surface area contributed by atoms with Gasteiger partial charge in [0.2, 0.25) is 0 Å². The van der Waals surface area contributed by atoms with Crippen molar-refractivity contribution >= 4 is 5.82 Å². The fraction of sp³-hybridized carbons (Fsp3) is 0.261. The molecule has 30 heavy (non-hydrogen) atoms. The summed E-state index contributed by atoms with van der Waals surface area (Å²) < 4.78 is 2.08. The number of imidazole rings is 1. The van der Waals surface area contributed by atoms with Crippen molar-refractivity contribution in [3.63, 3.8) is 0 Å². The van der Waals surface area contributed by atoms with Crippen molar-refractivity contribution in [3.8, 4) is 11.5 Å². The van der Waals surface area contributed by atoms with Gasteiger partial charge < -0.3 is 9.88 Å². The van der Waals surface area contributed by atoms with E-state index in [2.05, 4.69) is 61.2 Å². The van der Waals surface area contributed by atoms with Crippen LogP contribution in [-0.4, -0.2) is 36.0 Å². The third-order valence-corrected chi connectivity index (χ3v) is 5.41. The van der Waals surface area contributed by atoms with Crippen LogP contribution in [0.3, 0.4) is 0 Å². The molecule has 4 aromatic rings. The molecule has 0 spiro atoms. The number of hydrogen-bond acceptors (Lipinski definition) is 6.